The molecule has 0 aliphatic rings. The molecule has 31 heavy (non-hydrogen) atoms. The maximum Gasteiger partial charge on any atom is 0.340 e. The number of amides is 1. The van der Waals surface area contributed by atoms with E-state index >= 15 is 0 Å². The lowest BCUT2D eigenvalue weighted by Crippen LogP contribution is -2.21. The van der Waals surface area contributed by atoms with Crippen molar-refractivity contribution in [2.24, 2.45) is 0 Å². The Labute approximate surface area is 175 Å². The highest BCUT2D eigenvalue weighted by Crippen LogP contribution is 2.38. The largest absolute Gasteiger partial charge is 0.463 e. The first kappa shape index (κ1) is 18.7. The number of anilines is 1. The zero-order chi connectivity index (χ0) is 21.5. The number of tetrazole rings is 1. The summed E-state index contributed by atoms with van der Waals surface area (Å²) in [5, 5.41) is 17.1. The van der Waals surface area contributed by atoms with Gasteiger partial charge in [-0.25, -0.2) is 4.79 Å². The van der Waals surface area contributed by atoms with Gasteiger partial charge in [-0.05, 0) is 41.8 Å². The van der Waals surface area contributed by atoms with Gasteiger partial charge in [0, 0.05) is 10.9 Å². The molecule has 0 saturated heterocycles. The molecule has 0 unspecified atom stereocenters. The van der Waals surface area contributed by atoms with Crippen LogP contribution in [-0.4, -0.2) is 26.5 Å². The molecule has 154 valence electrons. The van der Waals surface area contributed by atoms with Crippen LogP contribution in [0, 0.1) is 13.8 Å². The molecule has 0 radical (unpaired) electrons. The van der Waals surface area contributed by atoms with Crippen molar-refractivity contribution in [2.45, 2.75) is 20.3 Å². The Kier molecular flexibility index (Phi) is 4.36. The number of nitrogens with zero attached hydrogens (tertiary/aromatic N) is 3. The smallest absolute Gasteiger partial charge is 0.340 e. The van der Waals surface area contributed by atoms with Crippen molar-refractivity contribution in [2.75, 3.05) is 5.32 Å². The van der Waals surface area contributed by atoms with Gasteiger partial charge in [0.25, 0.3) is 5.95 Å². The van der Waals surface area contributed by atoms with Crippen molar-refractivity contribution in [3.05, 3.63) is 69.8 Å². The minimum atomic E-state index is -0.568. The third-order valence-corrected chi connectivity index (χ3v) is 5.30. The zero-order valence-corrected chi connectivity index (χ0v) is 16.7. The number of hydrogen-bond acceptors (Lipinski definition) is 7. The average Bonchev–Trinajstić information content (AvgIpc) is 3.42. The second kappa shape index (κ2) is 7.21. The fraction of sp³-hybridized carbons (Fsp3) is 0.136. The zero-order valence-electron chi connectivity index (χ0n) is 16.7. The molecule has 0 fully saturated rings. The van der Waals surface area contributed by atoms with Gasteiger partial charge in [0.2, 0.25) is 5.91 Å². The lowest BCUT2D eigenvalue weighted by atomic mass is 9.96. The number of fused-ring (bicyclic) bond motifs is 3. The van der Waals surface area contributed by atoms with E-state index in [1.807, 2.05) is 43.3 Å². The summed E-state index contributed by atoms with van der Waals surface area (Å²) < 4.78 is 11.5. The fourth-order valence-corrected chi connectivity index (χ4v) is 3.87. The molecule has 0 spiro atoms. The van der Waals surface area contributed by atoms with Crippen molar-refractivity contribution < 1.29 is 13.6 Å². The van der Waals surface area contributed by atoms with E-state index in [-0.39, 0.29) is 17.9 Å². The molecule has 0 aliphatic carbocycles. The van der Waals surface area contributed by atoms with E-state index in [1.54, 1.807) is 13.2 Å². The minimum Gasteiger partial charge on any atom is -0.463 e. The summed E-state index contributed by atoms with van der Waals surface area (Å²) in [6.45, 7) is 3.74. The van der Waals surface area contributed by atoms with E-state index in [0.717, 1.165) is 22.1 Å². The van der Waals surface area contributed by atoms with Crippen LogP contribution in [-0.2, 0) is 11.2 Å². The Bertz CT molecular complexity index is 1480. The lowest BCUT2D eigenvalue weighted by molar-refractivity contribution is -0.115. The van der Waals surface area contributed by atoms with Crippen LogP contribution in [0.25, 0.3) is 33.1 Å². The first-order chi connectivity index (χ1) is 15.0. The Balaban J connectivity index is 1.66. The predicted molar refractivity (Wildman–Crippen MR) is 114 cm³/mol. The molecular formula is C22H17N5O4. The van der Waals surface area contributed by atoms with Crippen LogP contribution in [0.2, 0.25) is 0 Å². The number of H-pyrrole nitrogens is 1. The molecule has 0 aliphatic heterocycles. The molecule has 0 bridgehead atoms. The third kappa shape index (κ3) is 3.16. The van der Waals surface area contributed by atoms with E-state index in [1.165, 1.54) is 0 Å². The number of aromatic amines is 1. The predicted octanol–water partition coefficient (Wildman–Crippen LogP) is 3.52. The first-order valence-electron chi connectivity index (χ1n) is 9.58. The van der Waals surface area contributed by atoms with Gasteiger partial charge in [0.05, 0.1) is 23.6 Å². The van der Waals surface area contributed by atoms with E-state index in [0.29, 0.717) is 22.1 Å². The normalized spacial score (nSPS) is 11.3. The monoisotopic (exact) mass is 415 g/mol. The fourth-order valence-electron chi connectivity index (χ4n) is 3.87. The lowest BCUT2D eigenvalue weighted by Gasteiger charge is -2.10. The average molecular weight is 415 g/mol. The SMILES string of the molecule is Cc1cc2oc(=O)c(CC(=O)Nc3nn[nH]n3)c(C)c2c2occ(-c3ccccc3)c12. The van der Waals surface area contributed by atoms with E-state index in [2.05, 4.69) is 25.9 Å². The van der Waals surface area contributed by atoms with Crippen LogP contribution in [0.15, 0.2) is 56.3 Å². The van der Waals surface area contributed by atoms with Crippen LogP contribution in [0.5, 0.6) is 0 Å². The highest BCUT2D eigenvalue weighted by Gasteiger charge is 2.21. The number of aromatic nitrogens is 4. The molecule has 0 saturated carbocycles. The van der Waals surface area contributed by atoms with Crippen LogP contribution >= 0.6 is 0 Å². The third-order valence-electron chi connectivity index (χ3n) is 5.30. The van der Waals surface area contributed by atoms with Gasteiger partial charge in [0.1, 0.15) is 11.2 Å². The quantitative estimate of drug-likeness (QED) is 0.430. The second-order valence-electron chi connectivity index (χ2n) is 7.24. The molecule has 9 nitrogen and oxygen atoms in total. The number of carbonyl (C=O) groups is 1. The van der Waals surface area contributed by atoms with Gasteiger partial charge >= 0.3 is 5.63 Å². The summed E-state index contributed by atoms with van der Waals surface area (Å²) in [7, 11) is 0. The van der Waals surface area contributed by atoms with E-state index in [9.17, 15) is 9.59 Å². The van der Waals surface area contributed by atoms with Crippen LogP contribution in [0.4, 0.5) is 5.95 Å². The maximum absolute atomic E-state index is 12.6. The Morgan fingerprint density at radius 2 is 1.97 bits per heavy atom. The standard InChI is InChI=1S/C22H17N5O4/c1-11-8-16-19(20-18(11)15(10-30-20)13-6-4-3-5-7-13)12(2)14(21(29)31-16)9-17(28)23-22-24-26-27-25-22/h3-8,10H,9H2,1-2H3,(H2,23,24,25,26,27,28). The van der Waals surface area contributed by atoms with E-state index < -0.39 is 11.5 Å². The van der Waals surface area contributed by atoms with E-state index in [4.69, 9.17) is 8.83 Å². The maximum atomic E-state index is 12.6. The molecule has 9 heteroatoms. The van der Waals surface area contributed by atoms with Crippen molar-refractivity contribution >= 4 is 33.8 Å². The van der Waals surface area contributed by atoms with Crippen molar-refractivity contribution in [1.29, 1.82) is 0 Å². The van der Waals surface area contributed by atoms with Gasteiger partial charge in [-0.15, -0.1) is 5.10 Å². The van der Waals surface area contributed by atoms with Crippen LogP contribution < -0.4 is 10.9 Å². The van der Waals surface area contributed by atoms with Crippen molar-refractivity contribution in [1.82, 2.24) is 20.6 Å². The van der Waals surface area contributed by atoms with Gasteiger partial charge < -0.3 is 8.83 Å². The van der Waals surface area contributed by atoms with Gasteiger partial charge in [-0.2, -0.15) is 5.21 Å². The van der Waals surface area contributed by atoms with Gasteiger partial charge in [-0.1, -0.05) is 35.4 Å². The number of nitrogens with one attached hydrogen (secondary N) is 2. The first-order valence-corrected chi connectivity index (χ1v) is 9.58. The summed E-state index contributed by atoms with van der Waals surface area (Å²) in [6.07, 6.45) is 1.51. The number of aryl methyl sites for hydroxylation is 2. The molecule has 3 aromatic heterocycles. The minimum absolute atomic E-state index is 0.0318. The topological polar surface area (TPSA) is 127 Å². The number of benzene rings is 2. The molecule has 2 N–H and O–H groups in total. The Morgan fingerprint density at radius 3 is 2.71 bits per heavy atom. The molecule has 2 aromatic carbocycles. The van der Waals surface area contributed by atoms with Gasteiger partial charge in [0.15, 0.2) is 0 Å². The molecule has 3 heterocycles. The molecular weight excluding hydrogens is 398 g/mol. The Morgan fingerprint density at radius 1 is 1.16 bits per heavy atom. The second-order valence-corrected chi connectivity index (χ2v) is 7.24. The summed E-state index contributed by atoms with van der Waals surface area (Å²) in [5.41, 5.74) is 4.26. The van der Waals surface area contributed by atoms with Crippen molar-refractivity contribution in [3.8, 4) is 11.1 Å². The van der Waals surface area contributed by atoms with Crippen LogP contribution in [0.3, 0.4) is 0 Å². The summed E-state index contributed by atoms with van der Waals surface area (Å²) in [6, 6.07) is 11.7. The number of carbonyl (C=O) groups excluding carboxylic acids is 1. The van der Waals surface area contributed by atoms with Gasteiger partial charge in [-0.3, -0.25) is 10.1 Å². The summed E-state index contributed by atoms with van der Waals surface area (Å²) in [4.78, 5) is 25.0. The molecule has 5 rings (SSSR count). The molecule has 5 aromatic rings. The highest BCUT2D eigenvalue weighted by atomic mass is 16.4. The molecule has 0 atom stereocenters. The highest BCUT2D eigenvalue weighted by molar-refractivity contribution is 6.11. The number of rotatable bonds is 4. The summed E-state index contributed by atoms with van der Waals surface area (Å²) in [5.74, 6) is -0.423. The molecule has 1 amide bonds. The van der Waals surface area contributed by atoms with Crippen molar-refractivity contribution in [3.63, 3.8) is 0 Å². The van der Waals surface area contributed by atoms with Crippen LogP contribution in [0.1, 0.15) is 16.7 Å². The Hall–Kier alpha value is -4.27. The number of hydrogen-bond donors (Lipinski definition) is 2. The summed E-state index contributed by atoms with van der Waals surface area (Å²) >= 11 is 0. The number of furan rings is 1.